The van der Waals surface area contributed by atoms with Crippen LogP contribution in [0.1, 0.15) is 29.6 Å². The molecule has 6 heteroatoms. The molecule has 0 saturated carbocycles. The predicted molar refractivity (Wildman–Crippen MR) is 113 cm³/mol. The van der Waals surface area contributed by atoms with Gasteiger partial charge in [-0.1, -0.05) is 12.1 Å². The van der Waals surface area contributed by atoms with Crippen LogP contribution in [0.15, 0.2) is 48.5 Å². The number of carbonyl (C=O) groups is 1. The number of rotatable bonds is 6. The number of para-hydroxylation sites is 1. The molecule has 2 aliphatic heterocycles. The van der Waals surface area contributed by atoms with Gasteiger partial charge in [0.25, 0.3) is 5.91 Å². The van der Waals surface area contributed by atoms with Crippen molar-refractivity contribution < 1.29 is 19.0 Å². The van der Waals surface area contributed by atoms with Crippen LogP contribution in [0.5, 0.6) is 5.75 Å². The van der Waals surface area contributed by atoms with Gasteiger partial charge < -0.3 is 24.4 Å². The summed E-state index contributed by atoms with van der Waals surface area (Å²) in [5.74, 6) is 0.669. The number of benzene rings is 2. The lowest BCUT2D eigenvalue weighted by atomic mass is 10.1. The highest BCUT2D eigenvalue weighted by atomic mass is 16.5. The second kappa shape index (κ2) is 9.76. The zero-order valence-corrected chi connectivity index (χ0v) is 16.6. The summed E-state index contributed by atoms with van der Waals surface area (Å²) in [7, 11) is 0. The Labute approximate surface area is 171 Å². The van der Waals surface area contributed by atoms with Crippen LogP contribution in [0.25, 0.3) is 0 Å². The Hall–Kier alpha value is -2.57. The van der Waals surface area contributed by atoms with Crippen LogP contribution >= 0.6 is 0 Å². The van der Waals surface area contributed by atoms with Gasteiger partial charge in [-0.15, -0.1) is 0 Å². The molecule has 2 aromatic carbocycles. The fourth-order valence-electron chi connectivity index (χ4n) is 3.71. The quantitative estimate of drug-likeness (QED) is 0.806. The molecule has 1 atom stereocenters. The van der Waals surface area contributed by atoms with Crippen LogP contribution in [0, 0.1) is 0 Å². The average Bonchev–Trinajstić information content (AvgIpc) is 2.80. The number of hydrogen-bond acceptors (Lipinski definition) is 5. The maximum Gasteiger partial charge on any atom is 0.257 e. The maximum absolute atomic E-state index is 12.9. The summed E-state index contributed by atoms with van der Waals surface area (Å²) in [5, 5.41) is 2.99. The molecule has 154 valence electrons. The number of nitrogens with zero attached hydrogens (tertiary/aromatic N) is 1. The number of hydrogen-bond donors (Lipinski definition) is 1. The van der Waals surface area contributed by atoms with Crippen LogP contribution in [-0.2, 0) is 9.47 Å². The second-order valence-electron chi connectivity index (χ2n) is 7.39. The first kappa shape index (κ1) is 19.7. The fraction of sp³-hybridized carbons (Fsp3) is 0.435. The third-order valence-corrected chi connectivity index (χ3v) is 5.32. The SMILES string of the molecule is O=C(Nc1ccc(OCC2CCCCO2)cc1)c1ccccc1N1CCOCC1. The second-order valence-corrected chi connectivity index (χ2v) is 7.39. The zero-order chi connectivity index (χ0) is 19.9. The molecule has 1 amide bonds. The van der Waals surface area contributed by atoms with Crippen molar-refractivity contribution in [3.05, 3.63) is 54.1 Å². The minimum Gasteiger partial charge on any atom is -0.491 e. The van der Waals surface area contributed by atoms with E-state index in [0.717, 1.165) is 49.7 Å². The Morgan fingerprint density at radius 1 is 1.03 bits per heavy atom. The number of carbonyl (C=O) groups excluding carboxylic acids is 1. The van der Waals surface area contributed by atoms with Gasteiger partial charge in [0.05, 0.1) is 24.9 Å². The van der Waals surface area contributed by atoms with Crippen molar-refractivity contribution in [2.24, 2.45) is 0 Å². The highest BCUT2D eigenvalue weighted by Crippen LogP contribution is 2.24. The normalized spacial score (nSPS) is 19.6. The number of anilines is 2. The summed E-state index contributed by atoms with van der Waals surface area (Å²) in [6.07, 6.45) is 3.57. The van der Waals surface area contributed by atoms with Gasteiger partial charge in [-0.25, -0.2) is 0 Å². The van der Waals surface area contributed by atoms with Crippen LogP contribution < -0.4 is 15.0 Å². The molecule has 1 N–H and O–H groups in total. The molecule has 2 aliphatic rings. The average molecular weight is 396 g/mol. The maximum atomic E-state index is 12.9. The molecule has 2 saturated heterocycles. The first-order valence-corrected chi connectivity index (χ1v) is 10.4. The van der Waals surface area contributed by atoms with E-state index in [4.69, 9.17) is 14.2 Å². The van der Waals surface area contributed by atoms with Crippen molar-refractivity contribution in [2.45, 2.75) is 25.4 Å². The number of ether oxygens (including phenoxy) is 3. The van der Waals surface area contributed by atoms with E-state index in [2.05, 4.69) is 10.2 Å². The first-order chi connectivity index (χ1) is 14.3. The van der Waals surface area contributed by atoms with E-state index >= 15 is 0 Å². The lowest BCUT2D eigenvalue weighted by molar-refractivity contribution is -0.0110. The van der Waals surface area contributed by atoms with E-state index in [1.165, 1.54) is 6.42 Å². The largest absolute Gasteiger partial charge is 0.491 e. The third-order valence-electron chi connectivity index (χ3n) is 5.32. The van der Waals surface area contributed by atoms with Crippen molar-refractivity contribution in [1.82, 2.24) is 0 Å². The molecular weight excluding hydrogens is 368 g/mol. The summed E-state index contributed by atoms with van der Waals surface area (Å²) >= 11 is 0. The molecule has 2 fully saturated rings. The molecular formula is C23H28N2O4. The number of nitrogens with one attached hydrogen (secondary N) is 1. The van der Waals surface area contributed by atoms with Crippen molar-refractivity contribution >= 4 is 17.3 Å². The minimum atomic E-state index is -0.114. The van der Waals surface area contributed by atoms with Gasteiger partial charge in [0.15, 0.2) is 0 Å². The van der Waals surface area contributed by atoms with Gasteiger partial charge >= 0.3 is 0 Å². The van der Waals surface area contributed by atoms with Crippen LogP contribution in [0.3, 0.4) is 0 Å². The highest BCUT2D eigenvalue weighted by molar-refractivity contribution is 6.08. The Balaban J connectivity index is 1.36. The fourth-order valence-corrected chi connectivity index (χ4v) is 3.71. The molecule has 0 bridgehead atoms. The molecule has 0 aliphatic carbocycles. The van der Waals surface area contributed by atoms with E-state index in [1.807, 2.05) is 48.5 Å². The summed E-state index contributed by atoms with van der Waals surface area (Å²) in [6, 6.07) is 15.2. The Morgan fingerprint density at radius 2 is 1.83 bits per heavy atom. The number of amides is 1. The van der Waals surface area contributed by atoms with Crippen LogP contribution in [0.4, 0.5) is 11.4 Å². The monoisotopic (exact) mass is 396 g/mol. The molecule has 1 unspecified atom stereocenters. The molecule has 0 radical (unpaired) electrons. The predicted octanol–water partition coefficient (Wildman–Crippen LogP) is 3.72. The van der Waals surface area contributed by atoms with Gasteiger partial charge in [-0.3, -0.25) is 4.79 Å². The van der Waals surface area contributed by atoms with Gasteiger partial charge in [0, 0.05) is 31.1 Å². The van der Waals surface area contributed by atoms with Crippen molar-refractivity contribution in [2.75, 3.05) is 49.7 Å². The van der Waals surface area contributed by atoms with Gasteiger partial charge in [0.1, 0.15) is 12.4 Å². The van der Waals surface area contributed by atoms with Gasteiger partial charge in [0.2, 0.25) is 0 Å². The van der Waals surface area contributed by atoms with Crippen molar-refractivity contribution in [1.29, 1.82) is 0 Å². The highest BCUT2D eigenvalue weighted by Gasteiger charge is 2.18. The van der Waals surface area contributed by atoms with E-state index in [1.54, 1.807) is 0 Å². The topological polar surface area (TPSA) is 60.0 Å². The molecule has 2 aromatic rings. The molecule has 29 heavy (non-hydrogen) atoms. The molecule has 0 spiro atoms. The van der Waals surface area contributed by atoms with Gasteiger partial charge in [-0.05, 0) is 55.7 Å². The summed E-state index contributed by atoms with van der Waals surface area (Å²) < 4.78 is 16.9. The Morgan fingerprint density at radius 3 is 2.59 bits per heavy atom. The minimum absolute atomic E-state index is 0.114. The van der Waals surface area contributed by atoms with Crippen LogP contribution in [0.2, 0.25) is 0 Å². The lowest BCUT2D eigenvalue weighted by Gasteiger charge is -2.30. The molecule has 6 nitrogen and oxygen atoms in total. The lowest BCUT2D eigenvalue weighted by Crippen LogP contribution is -2.37. The van der Waals surface area contributed by atoms with E-state index in [9.17, 15) is 4.79 Å². The Kier molecular flexibility index (Phi) is 6.64. The van der Waals surface area contributed by atoms with E-state index in [0.29, 0.717) is 25.4 Å². The van der Waals surface area contributed by atoms with E-state index < -0.39 is 0 Å². The zero-order valence-electron chi connectivity index (χ0n) is 16.6. The Bertz CT molecular complexity index is 797. The van der Waals surface area contributed by atoms with Gasteiger partial charge in [-0.2, -0.15) is 0 Å². The van der Waals surface area contributed by atoms with Crippen molar-refractivity contribution in [3.8, 4) is 5.75 Å². The summed E-state index contributed by atoms with van der Waals surface area (Å²) in [5.41, 5.74) is 2.36. The summed E-state index contributed by atoms with van der Waals surface area (Å²) in [4.78, 5) is 15.1. The summed E-state index contributed by atoms with van der Waals surface area (Å²) in [6.45, 7) is 4.35. The van der Waals surface area contributed by atoms with E-state index in [-0.39, 0.29) is 12.0 Å². The number of morpholine rings is 1. The van der Waals surface area contributed by atoms with Crippen molar-refractivity contribution in [3.63, 3.8) is 0 Å². The smallest absolute Gasteiger partial charge is 0.257 e. The first-order valence-electron chi connectivity index (χ1n) is 10.4. The third kappa shape index (κ3) is 5.28. The molecule has 2 heterocycles. The standard InChI is InChI=1S/C23H28N2O4/c26-23(21-6-1-2-7-22(21)25-12-15-27-16-13-25)24-18-8-10-19(11-9-18)29-17-20-5-3-4-14-28-20/h1-2,6-11,20H,3-5,12-17H2,(H,24,26). The van der Waals surface area contributed by atoms with Crippen LogP contribution in [-0.4, -0.2) is 51.5 Å². The molecule has 4 rings (SSSR count). The molecule has 0 aromatic heterocycles.